The second-order valence-corrected chi connectivity index (χ2v) is 6.71. The van der Waals surface area contributed by atoms with E-state index in [4.69, 9.17) is 17.0 Å². The van der Waals surface area contributed by atoms with Crippen molar-refractivity contribution in [3.05, 3.63) is 59.0 Å². The second-order valence-electron chi connectivity index (χ2n) is 5.04. The molecule has 1 aliphatic rings. The number of phenolic OH excluding ortho intramolecular Hbond substituents is 1. The Hall–Kier alpha value is -2.31. The number of ether oxygens (including phenoxy) is 1. The minimum Gasteiger partial charge on any atom is -0.508 e. The highest BCUT2D eigenvalue weighted by Gasteiger charge is 2.33. The van der Waals surface area contributed by atoms with E-state index in [1.165, 1.54) is 16.7 Å². The zero-order valence-electron chi connectivity index (χ0n) is 12.9. The van der Waals surface area contributed by atoms with E-state index >= 15 is 0 Å². The minimum absolute atomic E-state index is 0.158. The van der Waals surface area contributed by atoms with Gasteiger partial charge in [0.25, 0.3) is 5.91 Å². The lowest BCUT2D eigenvalue weighted by atomic mass is 10.2. The van der Waals surface area contributed by atoms with Crippen molar-refractivity contribution in [1.29, 1.82) is 0 Å². The Bertz CT molecular complexity index is 815. The molecule has 1 heterocycles. The van der Waals surface area contributed by atoms with Gasteiger partial charge in [0.1, 0.15) is 11.5 Å². The Labute approximate surface area is 149 Å². The fraction of sp³-hybridized carbons (Fsp3) is 0.111. The molecule has 1 aliphatic heterocycles. The Morgan fingerprint density at radius 1 is 1.25 bits per heavy atom. The van der Waals surface area contributed by atoms with Crippen LogP contribution in [0.3, 0.4) is 0 Å². The van der Waals surface area contributed by atoms with Crippen molar-refractivity contribution in [3.8, 4) is 11.5 Å². The summed E-state index contributed by atoms with van der Waals surface area (Å²) in [5, 5.41) is 9.54. The van der Waals surface area contributed by atoms with Gasteiger partial charge in [-0.3, -0.25) is 9.69 Å². The van der Waals surface area contributed by atoms with Gasteiger partial charge >= 0.3 is 0 Å². The second kappa shape index (κ2) is 7.07. The lowest BCUT2D eigenvalue weighted by Crippen LogP contribution is -2.27. The fourth-order valence-corrected chi connectivity index (χ4v) is 3.61. The molecular formula is C18H15NO3S2. The van der Waals surface area contributed by atoms with Crippen LogP contribution in [0.25, 0.3) is 6.08 Å². The van der Waals surface area contributed by atoms with Crippen LogP contribution in [-0.4, -0.2) is 21.9 Å². The fourth-order valence-electron chi connectivity index (χ4n) is 2.31. The Kier molecular flexibility index (Phi) is 4.87. The van der Waals surface area contributed by atoms with Crippen LogP contribution in [-0.2, 0) is 4.79 Å². The Balaban J connectivity index is 1.86. The first-order chi connectivity index (χ1) is 11.6. The molecule has 0 radical (unpaired) electrons. The van der Waals surface area contributed by atoms with Gasteiger partial charge in [-0.1, -0.05) is 36.1 Å². The first-order valence-corrected chi connectivity index (χ1v) is 8.61. The molecule has 24 heavy (non-hydrogen) atoms. The lowest BCUT2D eigenvalue weighted by Gasteiger charge is -2.15. The highest BCUT2D eigenvalue weighted by atomic mass is 32.2. The van der Waals surface area contributed by atoms with E-state index in [1.807, 2.05) is 37.3 Å². The van der Waals surface area contributed by atoms with Crippen LogP contribution in [0.15, 0.2) is 53.4 Å². The third-order valence-corrected chi connectivity index (χ3v) is 4.67. The van der Waals surface area contributed by atoms with Gasteiger partial charge in [0, 0.05) is 0 Å². The van der Waals surface area contributed by atoms with E-state index in [2.05, 4.69) is 0 Å². The number of hydrogen-bond acceptors (Lipinski definition) is 5. The van der Waals surface area contributed by atoms with E-state index in [1.54, 1.807) is 24.3 Å². The largest absolute Gasteiger partial charge is 0.508 e. The van der Waals surface area contributed by atoms with E-state index in [9.17, 15) is 9.90 Å². The summed E-state index contributed by atoms with van der Waals surface area (Å²) in [6.07, 6.45) is 1.73. The van der Waals surface area contributed by atoms with Crippen LogP contribution in [0.2, 0.25) is 0 Å². The Morgan fingerprint density at radius 2 is 2.00 bits per heavy atom. The van der Waals surface area contributed by atoms with Crippen molar-refractivity contribution in [1.82, 2.24) is 0 Å². The number of rotatable bonds is 4. The minimum atomic E-state index is -0.169. The molecule has 0 bridgehead atoms. The van der Waals surface area contributed by atoms with Crippen molar-refractivity contribution in [2.45, 2.75) is 6.92 Å². The number of carbonyl (C=O) groups is 1. The van der Waals surface area contributed by atoms with E-state index in [-0.39, 0.29) is 11.7 Å². The molecule has 122 valence electrons. The van der Waals surface area contributed by atoms with Crippen molar-refractivity contribution in [3.63, 3.8) is 0 Å². The van der Waals surface area contributed by atoms with E-state index in [0.717, 1.165) is 11.3 Å². The first-order valence-electron chi connectivity index (χ1n) is 7.38. The van der Waals surface area contributed by atoms with Gasteiger partial charge in [-0.05, 0) is 55.0 Å². The number of aromatic hydroxyl groups is 1. The van der Waals surface area contributed by atoms with Gasteiger partial charge in [0.2, 0.25) is 0 Å². The lowest BCUT2D eigenvalue weighted by molar-refractivity contribution is -0.113. The summed E-state index contributed by atoms with van der Waals surface area (Å²) in [5.41, 5.74) is 1.46. The van der Waals surface area contributed by atoms with Crippen molar-refractivity contribution in [2.24, 2.45) is 0 Å². The molecule has 2 aromatic carbocycles. The first kappa shape index (κ1) is 16.5. The van der Waals surface area contributed by atoms with Gasteiger partial charge in [-0.15, -0.1) is 0 Å². The molecule has 1 fully saturated rings. The van der Waals surface area contributed by atoms with Crippen LogP contribution < -0.4 is 9.64 Å². The molecule has 0 atom stereocenters. The molecule has 2 aromatic rings. The highest BCUT2D eigenvalue weighted by molar-refractivity contribution is 8.27. The monoisotopic (exact) mass is 357 g/mol. The number of carbonyl (C=O) groups excluding carboxylic acids is 1. The maximum absolute atomic E-state index is 12.7. The van der Waals surface area contributed by atoms with Crippen LogP contribution in [0.5, 0.6) is 11.5 Å². The molecule has 3 rings (SSSR count). The summed E-state index contributed by atoms with van der Waals surface area (Å²) in [7, 11) is 0. The molecule has 1 saturated heterocycles. The smallest absolute Gasteiger partial charge is 0.270 e. The third-order valence-electron chi connectivity index (χ3n) is 3.37. The average molecular weight is 357 g/mol. The number of benzene rings is 2. The summed E-state index contributed by atoms with van der Waals surface area (Å²) in [4.78, 5) is 14.7. The van der Waals surface area contributed by atoms with E-state index in [0.29, 0.717) is 21.5 Å². The van der Waals surface area contributed by atoms with Gasteiger partial charge in [-0.2, -0.15) is 0 Å². The van der Waals surface area contributed by atoms with Gasteiger partial charge in [0.15, 0.2) is 4.32 Å². The molecule has 1 amide bonds. The predicted molar refractivity (Wildman–Crippen MR) is 101 cm³/mol. The maximum atomic E-state index is 12.7. The number of amides is 1. The van der Waals surface area contributed by atoms with Crippen molar-refractivity contribution < 1.29 is 14.6 Å². The normalized spacial score (nSPS) is 16.0. The molecular weight excluding hydrogens is 342 g/mol. The molecule has 6 heteroatoms. The summed E-state index contributed by atoms with van der Waals surface area (Å²) in [6.45, 7) is 2.51. The van der Waals surface area contributed by atoms with Crippen LogP contribution in [0.4, 0.5) is 5.69 Å². The molecule has 0 aliphatic carbocycles. The quantitative estimate of drug-likeness (QED) is 0.657. The zero-order valence-corrected chi connectivity index (χ0v) is 14.6. The predicted octanol–water partition coefficient (Wildman–Crippen LogP) is 4.20. The van der Waals surface area contributed by atoms with Crippen LogP contribution in [0.1, 0.15) is 12.5 Å². The van der Waals surface area contributed by atoms with Crippen LogP contribution in [0, 0.1) is 0 Å². The van der Waals surface area contributed by atoms with Gasteiger partial charge < -0.3 is 9.84 Å². The number of thioether (sulfide) groups is 1. The summed E-state index contributed by atoms with van der Waals surface area (Å²) >= 11 is 6.60. The molecule has 4 nitrogen and oxygen atoms in total. The highest BCUT2D eigenvalue weighted by Crippen LogP contribution is 2.36. The topological polar surface area (TPSA) is 49.8 Å². The summed E-state index contributed by atoms with van der Waals surface area (Å²) in [6, 6.07) is 14.0. The molecule has 0 spiro atoms. The number of hydrogen-bond donors (Lipinski definition) is 1. The molecule has 1 N–H and O–H groups in total. The molecule has 0 saturated carbocycles. The SMILES string of the molecule is CCOc1ccc(N2C(=O)/C(=C\c3cccc(O)c3)SC2=S)cc1. The molecule has 0 aromatic heterocycles. The summed E-state index contributed by atoms with van der Waals surface area (Å²) < 4.78 is 5.89. The van der Waals surface area contributed by atoms with Crippen molar-refractivity contribution in [2.75, 3.05) is 11.5 Å². The Morgan fingerprint density at radius 3 is 2.67 bits per heavy atom. The van der Waals surface area contributed by atoms with Gasteiger partial charge in [-0.25, -0.2) is 0 Å². The number of anilines is 1. The third kappa shape index (κ3) is 3.44. The maximum Gasteiger partial charge on any atom is 0.270 e. The zero-order chi connectivity index (χ0) is 17.1. The van der Waals surface area contributed by atoms with E-state index < -0.39 is 0 Å². The van der Waals surface area contributed by atoms with Gasteiger partial charge in [0.05, 0.1) is 17.2 Å². The van der Waals surface area contributed by atoms with Crippen LogP contribution >= 0.6 is 24.0 Å². The number of nitrogens with zero attached hydrogens (tertiary/aromatic N) is 1. The average Bonchev–Trinajstić information content (AvgIpc) is 2.83. The standard InChI is InChI=1S/C18H15NO3S2/c1-2-22-15-8-6-13(7-9-15)19-17(21)16(24-18(19)23)11-12-4-3-5-14(20)10-12/h3-11,20H,2H2,1H3/b16-11+. The van der Waals surface area contributed by atoms with Crippen molar-refractivity contribution >= 4 is 46.0 Å². The molecule has 0 unspecified atom stereocenters. The number of thiocarbonyl (C=S) groups is 1. The summed E-state index contributed by atoms with van der Waals surface area (Å²) in [5.74, 6) is 0.741. The number of phenols is 1.